The fourth-order valence-corrected chi connectivity index (χ4v) is 3.93. The van der Waals surface area contributed by atoms with Gasteiger partial charge >= 0.3 is 0 Å². The number of carbonyl (C=O) groups is 1. The third-order valence-corrected chi connectivity index (χ3v) is 5.68. The number of sulfonamides is 1. The van der Waals surface area contributed by atoms with Crippen molar-refractivity contribution in [3.8, 4) is 0 Å². The van der Waals surface area contributed by atoms with Crippen LogP contribution in [0.4, 0.5) is 11.4 Å². The molecule has 3 rings (SSSR count). The normalized spacial score (nSPS) is 21.2. The van der Waals surface area contributed by atoms with Gasteiger partial charge in [0.05, 0.1) is 11.4 Å². The van der Waals surface area contributed by atoms with Crippen LogP contribution in [0.25, 0.3) is 0 Å². The van der Waals surface area contributed by atoms with Crippen molar-refractivity contribution in [1.82, 2.24) is 4.72 Å². The van der Waals surface area contributed by atoms with E-state index in [4.69, 9.17) is 0 Å². The fourth-order valence-electron chi connectivity index (χ4n) is 3.30. The monoisotopic (exact) mass is 323 g/mol. The molecule has 0 bridgehead atoms. The third-order valence-electron chi connectivity index (χ3n) is 4.43. The van der Waals surface area contributed by atoms with Gasteiger partial charge in [-0.05, 0) is 38.4 Å². The molecule has 2 aliphatic heterocycles. The van der Waals surface area contributed by atoms with Crippen molar-refractivity contribution in [3.63, 3.8) is 0 Å². The quantitative estimate of drug-likeness (QED) is 0.899. The molecule has 1 amide bonds. The average molecular weight is 323 g/mol. The number of nitrogens with one attached hydrogen (secondary N) is 1. The molecule has 0 unspecified atom stereocenters. The SMILES string of the molecule is CNS(=O)(=O)CC(=O)N1C[C@@H]2CCCCN2c2ccccc21. The molecule has 1 saturated heterocycles. The largest absolute Gasteiger partial charge is 0.365 e. The molecule has 2 aliphatic rings. The molecule has 120 valence electrons. The number of piperidine rings is 1. The minimum absolute atomic E-state index is 0.282. The van der Waals surface area contributed by atoms with Crippen molar-refractivity contribution in [2.45, 2.75) is 25.3 Å². The van der Waals surface area contributed by atoms with Gasteiger partial charge in [-0.1, -0.05) is 12.1 Å². The molecule has 1 aromatic rings. The molecule has 1 N–H and O–H groups in total. The topological polar surface area (TPSA) is 69.7 Å². The fraction of sp³-hybridized carbons (Fsp3) is 0.533. The first-order valence-corrected chi connectivity index (χ1v) is 9.24. The molecule has 0 saturated carbocycles. The lowest BCUT2D eigenvalue weighted by molar-refractivity contribution is -0.116. The lowest BCUT2D eigenvalue weighted by Crippen LogP contribution is -2.54. The molecule has 22 heavy (non-hydrogen) atoms. The summed E-state index contributed by atoms with van der Waals surface area (Å²) in [5.74, 6) is -0.878. The van der Waals surface area contributed by atoms with E-state index in [2.05, 4.69) is 9.62 Å². The number of fused-ring (bicyclic) bond motifs is 3. The number of hydrogen-bond acceptors (Lipinski definition) is 4. The van der Waals surface area contributed by atoms with E-state index >= 15 is 0 Å². The van der Waals surface area contributed by atoms with Gasteiger partial charge in [-0.15, -0.1) is 0 Å². The molecule has 7 heteroatoms. The number of para-hydroxylation sites is 2. The zero-order valence-electron chi connectivity index (χ0n) is 12.7. The highest BCUT2D eigenvalue weighted by Crippen LogP contribution is 2.38. The van der Waals surface area contributed by atoms with E-state index in [0.717, 1.165) is 37.2 Å². The minimum Gasteiger partial charge on any atom is -0.365 e. The second-order valence-corrected chi connectivity index (χ2v) is 7.73. The lowest BCUT2D eigenvalue weighted by Gasteiger charge is -2.46. The summed E-state index contributed by atoms with van der Waals surface area (Å²) in [7, 11) is -2.23. The van der Waals surface area contributed by atoms with Gasteiger partial charge in [0.2, 0.25) is 15.9 Å². The zero-order valence-corrected chi connectivity index (χ0v) is 13.5. The lowest BCUT2D eigenvalue weighted by atomic mass is 9.97. The first kappa shape index (κ1) is 15.3. The Balaban J connectivity index is 1.93. The van der Waals surface area contributed by atoms with Gasteiger partial charge in [-0.3, -0.25) is 4.79 Å². The van der Waals surface area contributed by atoms with Crippen LogP contribution in [0.5, 0.6) is 0 Å². The number of anilines is 2. The molecule has 0 spiro atoms. The van der Waals surface area contributed by atoms with Crippen LogP contribution in [0.15, 0.2) is 24.3 Å². The number of nitrogens with zero attached hydrogens (tertiary/aromatic N) is 2. The van der Waals surface area contributed by atoms with E-state index in [0.29, 0.717) is 6.54 Å². The van der Waals surface area contributed by atoms with Crippen molar-refractivity contribution < 1.29 is 13.2 Å². The second-order valence-electron chi connectivity index (χ2n) is 5.80. The number of hydrogen-bond donors (Lipinski definition) is 1. The van der Waals surface area contributed by atoms with Crippen LogP contribution < -0.4 is 14.5 Å². The van der Waals surface area contributed by atoms with Crippen LogP contribution in [0.3, 0.4) is 0 Å². The maximum atomic E-state index is 12.5. The molecule has 0 aromatic heterocycles. The Bertz CT molecular complexity index is 674. The van der Waals surface area contributed by atoms with E-state index < -0.39 is 15.8 Å². The van der Waals surface area contributed by atoms with Crippen LogP contribution in [0.2, 0.25) is 0 Å². The van der Waals surface area contributed by atoms with E-state index in [-0.39, 0.29) is 11.9 Å². The van der Waals surface area contributed by atoms with Crippen LogP contribution >= 0.6 is 0 Å². The Morgan fingerprint density at radius 3 is 2.73 bits per heavy atom. The Labute approximate surface area is 131 Å². The molecule has 0 radical (unpaired) electrons. The first-order valence-electron chi connectivity index (χ1n) is 7.59. The van der Waals surface area contributed by atoms with E-state index in [1.54, 1.807) is 4.90 Å². The summed E-state index contributed by atoms with van der Waals surface area (Å²) in [6.07, 6.45) is 3.35. The second kappa shape index (κ2) is 5.89. The summed E-state index contributed by atoms with van der Waals surface area (Å²) in [5.41, 5.74) is 1.85. The maximum Gasteiger partial charge on any atom is 0.243 e. The Morgan fingerprint density at radius 1 is 1.27 bits per heavy atom. The minimum atomic E-state index is -3.55. The predicted molar refractivity (Wildman–Crippen MR) is 86.6 cm³/mol. The summed E-state index contributed by atoms with van der Waals surface area (Å²) in [4.78, 5) is 16.5. The molecule has 1 atom stereocenters. The van der Waals surface area contributed by atoms with Gasteiger partial charge in [0, 0.05) is 19.1 Å². The summed E-state index contributed by atoms with van der Waals surface area (Å²) in [6.45, 7) is 1.56. The summed E-state index contributed by atoms with van der Waals surface area (Å²) in [5, 5.41) is 0. The highest BCUT2D eigenvalue weighted by Gasteiger charge is 2.35. The molecular weight excluding hydrogens is 302 g/mol. The third kappa shape index (κ3) is 2.83. The zero-order chi connectivity index (χ0) is 15.7. The molecule has 6 nitrogen and oxygen atoms in total. The number of benzene rings is 1. The van der Waals surface area contributed by atoms with E-state index in [1.165, 1.54) is 7.05 Å². The van der Waals surface area contributed by atoms with Crippen molar-refractivity contribution in [2.24, 2.45) is 0 Å². The van der Waals surface area contributed by atoms with Gasteiger partial charge in [0.1, 0.15) is 5.75 Å². The van der Waals surface area contributed by atoms with Crippen molar-refractivity contribution in [1.29, 1.82) is 0 Å². The standard InChI is InChI=1S/C15H21N3O3S/c1-16-22(20,21)11-15(19)18-10-12-6-4-5-9-17(12)13-7-2-3-8-14(13)18/h2-3,7-8,12,16H,4-6,9-11H2,1H3/t12-/m0/s1. The molecular formula is C15H21N3O3S. The van der Waals surface area contributed by atoms with Gasteiger partial charge in [-0.2, -0.15) is 0 Å². The Morgan fingerprint density at radius 2 is 2.00 bits per heavy atom. The molecule has 1 fully saturated rings. The molecule has 1 aromatic carbocycles. The summed E-state index contributed by atoms with van der Waals surface area (Å²) in [6, 6.07) is 8.03. The van der Waals surface area contributed by atoms with Crippen LogP contribution in [0.1, 0.15) is 19.3 Å². The Kier molecular flexibility index (Phi) is 4.10. The van der Waals surface area contributed by atoms with Crippen LogP contribution in [-0.4, -0.2) is 46.3 Å². The highest BCUT2D eigenvalue weighted by molar-refractivity contribution is 7.90. The van der Waals surface area contributed by atoms with E-state index in [9.17, 15) is 13.2 Å². The van der Waals surface area contributed by atoms with Gasteiger partial charge in [0.25, 0.3) is 0 Å². The average Bonchev–Trinajstić information content (AvgIpc) is 2.53. The van der Waals surface area contributed by atoms with Gasteiger partial charge in [0.15, 0.2) is 0 Å². The van der Waals surface area contributed by atoms with Gasteiger partial charge in [-0.25, -0.2) is 13.1 Å². The summed E-state index contributed by atoms with van der Waals surface area (Å²) >= 11 is 0. The van der Waals surface area contributed by atoms with E-state index in [1.807, 2.05) is 24.3 Å². The van der Waals surface area contributed by atoms with Crippen molar-refractivity contribution in [2.75, 3.05) is 35.7 Å². The van der Waals surface area contributed by atoms with Gasteiger partial charge < -0.3 is 9.80 Å². The summed E-state index contributed by atoms with van der Waals surface area (Å²) < 4.78 is 25.6. The first-order chi connectivity index (χ1) is 10.5. The maximum absolute atomic E-state index is 12.5. The number of carbonyl (C=O) groups excluding carboxylic acids is 1. The van der Waals surface area contributed by atoms with Crippen LogP contribution in [-0.2, 0) is 14.8 Å². The number of rotatable bonds is 3. The van der Waals surface area contributed by atoms with Crippen molar-refractivity contribution >= 4 is 27.3 Å². The molecule has 2 heterocycles. The molecule has 0 aliphatic carbocycles. The highest BCUT2D eigenvalue weighted by atomic mass is 32.2. The predicted octanol–water partition coefficient (Wildman–Crippen LogP) is 0.941. The number of amides is 1. The van der Waals surface area contributed by atoms with Crippen molar-refractivity contribution in [3.05, 3.63) is 24.3 Å². The Hall–Kier alpha value is -1.60. The smallest absolute Gasteiger partial charge is 0.243 e. The van der Waals surface area contributed by atoms with Crippen LogP contribution in [0, 0.1) is 0 Å².